The van der Waals surface area contributed by atoms with Gasteiger partial charge in [-0.05, 0) is 50.1 Å². The SMILES string of the molecule is Cc1nn(C)c(C)c1CCC(=O)Nc1cc(C(F)(F)F)ccc1-n1cccn1. The van der Waals surface area contributed by atoms with Gasteiger partial charge in [0.25, 0.3) is 0 Å². The van der Waals surface area contributed by atoms with Gasteiger partial charge in [-0.1, -0.05) is 0 Å². The van der Waals surface area contributed by atoms with Crippen molar-refractivity contribution in [3.05, 3.63) is 59.2 Å². The summed E-state index contributed by atoms with van der Waals surface area (Å²) in [6.07, 6.45) is -0.820. The Bertz CT molecular complexity index is 990. The van der Waals surface area contributed by atoms with Crippen molar-refractivity contribution in [3.8, 4) is 5.69 Å². The third-order valence-electron chi connectivity index (χ3n) is 4.61. The number of alkyl halides is 3. The molecule has 28 heavy (non-hydrogen) atoms. The van der Waals surface area contributed by atoms with Crippen LogP contribution in [0.3, 0.4) is 0 Å². The highest BCUT2D eigenvalue weighted by molar-refractivity contribution is 5.93. The van der Waals surface area contributed by atoms with Crippen LogP contribution in [0.5, 0.6) is 0 Å². The Morgan fingerprint density at radius 2 is 2.00 bits per heavy atom. The number of anilines is 1. The van der Waals surface area contributed by atoms with Gasteiger partial charge in [0.2, 0.25) is 5.91 Å². The Labute approximate surface area is 160 Å². The molecule has 0 fully saturated rings. The molecule has 3 aromatic rings. The molecule has 9 heteroatoms. The normalized spacial score (nSPS) is 11.6. The van der Waals surface area contributed by atoms with E-state index in [1.54, 1.807) is 16.9 Å². The number of aryl methyl sites for hydroxylation is 2. The minimum Gasteiger partial charge on any atom is -0.324 e. The van der Waals surface area contributed by atoms with Gasteiger partial charge >= 0.3 is 6.18 Å². The molecule has 2 heterocycles. The lowest BCUT2D eigenvalue weighted by Crippen LogP contribution is -2.16. The maximum atomic E-state index is 13.1. The van der Waals surface area contributed by atoms with Crippen LogP contribution in [0.4, 0.5) is 18.9 Å². The first-order valence-corrected chi connectivity index (χ1v) is 8.67. The van der Waals surface area contributed by atoms with Crippen molar-refractivity contribution in [2.75, 3.05) is 5.32 Å². The molecule has 0 radical (unpaired) electrons. The van der Waals surface area contributed by atoms with Gasteiger partial charge in [0, 0.05) is 31.6 Å². The Kier molecular flexibility index (Phi) is 5.26. The van der Waals surface area contributed by atoms with Gasteiger partial charge in [-0.25, -0.2) is 4.68 Å². The zero-order chi connectivity index (χ0) is 20.5. The number of nitrogens with zero attached hydrogens (tertiary/aromatic N) is 4. The van der Waals surface area contributed by atoms with Crippen molar-refractivity contribution in [2.45, 2.75) is 32.9 Å². The minimum absolute atomic E-state index is 0.0585. The number of amides is 1. The minimum atomic E-state index is -4.51. The summed E-state index contributed by atoms with van der Waals surface area (Å²) in [5.74, 6) is -0.379. The fourth-order valence-corrected chi connectivity index (χ4v) is 3.05. The number of nitrogens with one attached hydrogen (secondary N) is 1. The molecule has 0 bridgehead atoms. The van der Waals surface area contributed by atoms with E-state index in [1.165, 1.54) is 16.9 Å². The smallest absolute Gasteiger partial charge is 0.324 e. The topological polar surface area (TPSA) is 64.7 Å². The van der Waals surface area contributed by atoms with Crippen LogP contribution in [0.2, 0.25) is 0 Å². The van der Waals surface area contributed by atoms with Crippen LogP contribution in [0.1, 0.15) is 28.9 Å². The predicted molar refractivity (Wildman–Crippen MR) is 98.2 cm³/mol. The van der Waals surface area contributed by atoms with Gasteiger partial charge in [-0.2, -0.15) is 23.4 Å². The second kappa shape index (κ2) is 7.49. The summed E-state index contributed by atoms with van der Waals surface area (Å²) >= 11 is 0. The molecule has 3 rings (SSSR count). The predicted octanol–water partition coefficient (Wildman–Crippen LogP) is 3.81. The number of rotatable bonds is 5. The quantitative estimate of drug-likeness (QED) is 0.719. The first-order chi connectivity index (χ1) is 13.2. The number of carbonyl (C=O) groups is 1. The second-order valence-corrected chi connectivity index (χ2v) is 6.50. The molecule has 6 nitrogen and oxygen atoms in total. The summed E-state index contributed by atoms with van der Waals surface area (Å²) in [7, 11) is 1.82. The van der Waals surface area contributed by atoms with E-state index in [0.717, 1.165) is 29.1 Å². The largest absolute Gasteiger partial charge is 0.416 e. The zero-order valence-corrected chi connectivity index (χ0v) is 15.7. The maximum Gasteiger partial charge on any atom is 0.416 e. The third kappa shape index (κ3) is 4.08. The van der Waals surface area contributed by atoms with Gasteiger partial charge < -0.3 is 5.32 Å². The molecular formula is C19H20F3N5O. The van der Waals surface area contributed by atoms with E-state index in [2.05, 4.69) is 15.5 Å². The Hall–Kier alpha value is -3.10. The van der Waals surface area contributed by atoms with Crippen molar-refractivity contribution < 1.29 is 18.0 Å². The average Bonchev–Trinajstić information content (AvgIpc) is 3.22. The Morgan fingerprint density at radius 1 is 1.25 bits per heavy atom. The van der Waals surface area contributed by atoms with E-state index in [1.807, 2.05) is 20.9 Å². The summed E-state index contributed by atoms with van der Waals surface area (Å²) < 4.78 is 42.4. The van der Waals surface area contributed by atoms with Crippen molar-refractivity contribution in [1.29, 1.82) is 0 Å². The zero-order valence-electron chi connectivity index (χ0n) is 15.7. The van der Waals surface area contributed by atoms with Crippen molar-refractivity contribution in [1.82, 2.24) is 19.6 Å². The summed E-state index contributed by atoms with van der Waals surface area (Å²) in [4.78, 5) is 12.4. The van der Waals surface area contributed by atoms with E-state index >= 15 is 0 Å². The van der Waals surface area contributed by atoms with E-state index in [9.17, 15) is 18.0 Å². The molecule has 0 aliphatic heterocycles. The third-order valence-corrected chi connectivity index (χ3v) is 4.61. The van der Waals surface area contributed by atoms with Crippen LogP contribution in [0.25, 0.3) is 5.69 Å². The molecular weight excluding hydrogens is 371 g/mol. The lowest BCUT2D eigenvalue weighted by atomic mass is 10.1. The number of benzene rings is 1. The molecule has 1 N–H and O–H groups in total. The first-order valence-electron chi connectivity index (χ1n) is 8.67. The van der Waals surface area contributed by atoms with Crippen LogP contribution < -0.4 is 5.32 Å². The summed E-state index contributed by atoms with van der Waals surface area (Å²) in [5.41, 5.74) is 2.35. The van der Waals surface area contributed by atoms with Crippen LogP contribution in [-0.2, 0) is 24.4 Å². The van der Waals surface area contributed by atoms with Gasteiger partial charge in [0.15, 0.2) is 0 Å². The summed E-state index contributed by atoms with van der Waals surface area (Å²) in [6.45, 7) is 3.78. The van der Waals surface area contributed by atoms with Crippen molar-refractivity contribution in [2.24, 2.45) is 7.05 Å². The lowest BCUT2D eigenvalue weighted by Gasteiger charge is -2.15. The maximum absolute atomic E-state index is 13.1. The van der Waals surface area contributed by atoms with Crippen LogP contribution >= 0.6 is 0 Å². The molecule has 2 aromatic heterocycles. The molecule has 0 saturated heterocycles. The molecule has 0 spiro atoms. The molecule has 0 saturated carbocycles. The monoisotopic (exact) mass is 391 g/mol. The van der Waals surface area contributed by atoms with Gasteiger partial charge in [-0.15, -0.1) is 0 Å². The molecule has 148 valence electrons. The van der Waals surface area contributed by atoms with E-state index < -0.39 is 11.7 Å². The molecule has 0 aliphatic carbocycles. The highest BCUT2D eigenvalue weighted by Gasteiger charge is 2.31. The summed E-state index contributed by atoms with van der Waals surface area (Å²) in [6, 6.07) is 4.84. The number of hydrogen-bond acceptors (Lipinski definition) is 3. The first kappa shape index (κ1) is 19.7. The molecule has 1 aromatic carbocycles. The summed E-state index contributed by atoms with van der Waals surface area (Å²) in [5, 5.41) is 10.9. The number of carbonyl (C=O) groups excluding carboxylic acids is 1. The lowest BCUT2D eigenvalue weighted by molar-refractivity contribution is -0.137. The average molecular weight is 391 g/mol. The Balaban J connectivity index is 1.82. The molecule has 0 unspecified atom stereocenters. The second-order valence-electron chi connectivity index (χ2n) is 6.50. The van der Waals surface area contributed by atoms with Crippen LogP contribution in [-0.4, -0.2) is 25.5 Å². The van der Waals surface area contributed by atoms with Crippen LogP contribution in [0.15, 0.2) is 36.7 Å². The molecule has 1 amide bonds. The van der Waals surface area contributed by atoms with Gasteiger partial charge in [0.05, 0.1) is 22.6 Å². The number of hydrogen-bond donors (Lipinski definition) is 1. The van der Waals surface area contributed by atoms with E-state index in [0.29, 0.717) is 12.1 Å². The number of aromatic nitrogens is 4. The van der Waals surface area contributed by atoms with E-state index in [-0.39, 0.29) is 18.0 Å². The van der Waals surface area contributed by atoms with Gasteiger partial charge in [0.1, 0.15) is 0 Å². The highest BCUT2D eigenvalue weighted by atomic mass is 19.4. The van der Waals surface area contributed by atoms with Crippen molar-refractivity contribution >= 4 is 11.6 Å². The highest BCUT2D eigenvalue weighted by Crippen LogP contribution is 2.33. The van der Waals surface area contributed by atoms with Gasteiger partial charge in [-0.3, -0.25) is 9.48 Å². The fourth-order valence-electron chi connectivity index (χ4n) is 3.05. The fraction of sp³-hybridized carbons (Fsp3) is 0.316. The standard InChI is InChI=1S/C19H20F3N5O/c1-12-15(13(2)26(3)25-12)6-8-18(28)24-16-11-14(19(20,21)22)5-7-17(16)27-10-4-9-23-27/h4-5,7,9-11H,6,8H2,1-3H3,(H,24,28). The molecule has 0 aliphatic rings. The molecule has 0 atom stereocenters. The Morgan fingerprint density at radius 3 is 2.57 bits per heavy atom. The number of halogens is 3. The van der Waals surface area contributed by atoms with E-state index in [4.69, 9.17) is 0 Å². The van der Waals surface area contributed by atoms with Crippen LogP contribution in [0, 0.1) is 13.8 Å². The van der Waals surface area contributed by atoms with Crippen molar-refractivity contribution in [3.63, 3.8) is 0 Å².